The Morgan fingerprint density at radius 2 is 1.78 bits per heavy atom. The fraction of sp³-hybridized carbons (Fsp3) is 0.969. The van der Waals surface area contributed by atoms with Gasteiger partial charge >= 0.3 is 5.97 Å². The van der Waals surface area contributed by atoms with Gasteiger partial charge in [-0.2, -0.15) is 0 Å². The van der Waals surface area contributed by atoms with Crippen LogP contribution >= 0.6 is 0 Å². The molecule has 13 unspecified atom stereocenters. The van der Waals surface area contributed by atoms with Crippen molar-refractivity contribution in [1.82, 2.24) is 0 Å². The quantitative estimate of drug-likeness (QED) is 0.316. The standard InChI is InChI=1S/C32H52O5/c1-19(4-11-30(35)37-18-36-28-15-20-5-6-21(28)14-20)25-9-10-26-24-8-7-22-16-23(33)12-13-31(22,2)27(24)17-29(34)32(25,26)3/h19-29,33-34H,4-18H2,1-3H3. The first-order chi connectivity index (χ1) is 17.7. The zero-order chi connectivity index (χ0) is 25.9. The maximum Gasteiger partial charge on any atom is 0.307 e. The highest BCUT2D eigenvalue weighted by atomic mass is 16.7. The Balaban J connectivity index is 1.03. The molecule has 13 atom stereocenters. The summed E-state index contributed by atoms with van der Waals surface area (Å²) in [6, 6.07) is 0. The minimum Gasteiger partial charge on any atom is -0.438 e. The first-order valence-corrected chi connectivity index (χ1v) is 15.8. The van der Waals surface area contributed by atoms with Crippen LogP contribution < -0.4 is 0 Å². The van der Waals surface area contributed by atoms with E-state index in [9.17, 15) is 15.0 Å². The normalized spacial score (nSPS) is 51.3. The summed E-state index contributed by atoms with van der Waals surface area (Å²) in [6.07, 6.45) is 15.1. The van der Waals surface area contributed by atoms with Gasteiger partial charge < -0.3 is 19.7 Å². The lowest BCUT2D eigenvalue weighted by Crippen LogP contribution is -2.58. The predicted molar refractivity (Wildman–Crippen MR) is 142 cm³/mol. The molecule has 37 heavy (non-hydrogen) atoms. The minimum absolute atomic E-state index is 0.0488. The summed E-state index contributed by atoms with van der Waals surface area (Å²) in [4.78, 5) is 12.5. The monoisotopic (exact) mass is 516 g/mol. The maximum absolute atomic E-state index is 12.5. The molecule has 0 aliphatic heterocycles. The first-order valence-electron chi connectivity index (χ1n) is 15.8. The number of carbonyl (C=O) groups excluding carboxylic acids is 1. The van der Waals surface area contributed by atoms with Crippen molar-refractivity contribution in [3.8, 4) is 0 Å². The van der Waals surface area contributed by atoms with Crippen molar-refractivity contribution in [2.24, 2.45) is 58.2 Å². The Morgan fingerprint density at radius 1 is 0.946 bits per heavy atom. The van der Waals surface area contributed by atoms with Crippen LogP contribution in [0.2, 0.25) is 0 Å². The van der Waals surface area contributed by atoms with Gasteiger partial charge in [0.25, 0.3) is 0 Å². The van der Waals surface area contributed by atoms with Crippen molar-refractivity contribution in [3.63, 3.8) is 0 Å². The Kier molecular flexibility index (Phi) is 7.23. The number of hydrogen-bond acceptors (Lipinski definition) is 5. The van der Waals surface area contributed by atoms with Crippen molar-refractivity contribution in [2.75, 3.05) is 6.79 Å². The number of aliphatic hydroxyl groups is 2. The summed E-state index contributed by atoms with van der Waals surface area (Å²) in [7, 11) is 0. The van der Waals surface area contributed by atoms with Gasteiger partial charge in [-0.05, 0) is 142 Å². The average molecular weight is 517 g/mol. The molecule has 0 radical (unpaired) electrons. The third-order valence-corrected chi connectivity index (χ3v) is 13.5. The highest BCUT2D eigenvalue weighted by molar-refractivity contribution is 5.69. The first kappa shape index (κ1) is 26.6. The second-order valence-electron chi connectivity index (χ2n) is 14.9. The van der Waals surface area contributed by atoms with E-state index in [2.05, 4.69) is 20.8 Å². The largest absolute Gasteiger partial charge is 0.438 e. The molecule has 0 spiro atoms. The number of carbonyl (C=O) groups is 1. The van der Waals surface area contributed by atoms with Crippen LogP contribution in [0, 0.1) is 58.2 Å². The van der Waals surface area contributed by atoms with Crippen LogP contribution in [-0.4, -0.2) is 41.3 Å². The Morgan fingerprint density at radius 3 is 2.54 bits per heavy atom. The van der Waals surface area contributed by atoms with E-state index in [4.69, 9.17) is 9.47 Å². The Bertz CT molecular complexity index is 845. The van der Waals surface area contributed by atoms with Gasteiger partial charge in [-0.15, -0.1) is 0 Å². The minimum atomic E-state index is -0.266. The summed E-state index contributed by atoms with van der Waals surface area (Å²) in [5, 5.41) is 22.1. The summed E-state index contributed by atoms with van der Waals surface area (Å²) in [5.41, 5.74) is 0.227. The van der Waals surface area contributed by atoms with Crippen molar-refractivity contribution in [1.29, 1.82) is 0 Å². The van der Waals surface area contributed by atoms with Crippen LogP contribution in [0.15, 0.2) is 0 Å². The van der Waals surface area contributed by atoms with Crippen LogP contribution in [0.4, 0.5) is 0 Å². The van der Waals surface area contributed by atoms with E-state index in [0.29, 0.717) is 54.0 Å². The molecule has 6 aliphatic carbocycles. The average Bonchev–Trinajstić information content (AvgIpc) is 3.59. The van der Waals surface area contributed by atoms with Crippen molar-refractivity contribution >= 4 is 5.97 Å². The van der Waals surface area contributed by atoms with E-state index in [1.165, 1.54) is 44.9 Å². The van der Waals surface area contributed by atoms with Crippen LogP contribution in [0.25, 0.3) is 0 Å². The molecule has 6 rings (SSSR count). The molecular weight excluding hydrogens is 464 g/mol. The van der Waals surface area contributed by atoms with Gasteiger partial charge in [0.15, 0.2) is 6.79 Å². The zero-order valence-corrected chi connectivity index (χ0v) is 23.6. The van der Waals surface area contributed by atoms with E-state index in [1.807, 2.05) is 0 Å². The van der Waals surface area contributed by atoms with Crippen LogP contribution in [0.1, 0.15) is 111 Å². The van der Waals surface area contributed by atoms with E-state index in [-0.39, 0.29) is 35.8 Å². The van der Waals surface area contributed by atoms with Gasteiger partial charge in [0.05, 0.1) is 18.3 Å². The number of ether oxygens (including phenoxy) is 2. The molecule has 0 heterocycles. The van der Waals surface area contributed by atoms with Gasteiger partial charge in [0.2, 0.25) is 0 Å². The van der Waals surface area contributed by atoms with Gasteiger partial charge in [0, 0.05) is 6.42 Å². The zero-order valence-electron chi connectivity index (χ0n) is 23.6. The molecule has 6 fully saturated rings. The summed E-state index contributed by atoms with van der Waals surface area (Å²) >= 11 is 0. The Hall–Kier alpha value is -0.650. The lowest BCUT2D eigenvalue weighted by atomic mass is 9.43. The third-order valence-electron chi connectivity index (χ3n) is 13.5. The van der Waals surface area contributed by atoms with Gasteiger partial charge in [-0.1, -0.05) is 20.8 Å². The van der Waals surface area contributed by atoms with Crippen LogP contribution in [-0.2, 0) is 14.3 Å². The molecule has 210 valence electrons. The number of fused-ring (bicyclic) bond motifs is 7. The molecule has 5 heteroatoms. The molecule has 2 bridgehead atoms. The number of rotatable bonds is 7. The van der Waals surface area contributed by atoms with Crippen molar-refractivity contribution in [3.05, 3.63) is 0 Å². The van der Waals surface area contributed by atoms with Crippen molar-refractivity contribution in [2.45, 2.75) is 129 Å². The topological polar surface area (TPSA) is 76.0 Å². The molecule has 6 aliphatic rings. The van der Waals surface area contributed by atoms with Gasteiger partial charge in [-0.3, -0.25) is 4.79 Å². The molecule has 0 saturated heterocycles. The van der Waals surface area contributed by atoms with Crippen LogP contribution in [0.3, 0.4) is 0 Å². The number of aliphatic hydroxyl groups excluding tert-OH is 2. The summed E-state index contributed by atoms with van der Waals surface area (Å²) in [6.45, 7) is 7.28. The fourth-order valence-corrected chi connectivity index (χ4v) is 11.4. The smallest absolute Gasteiger partial charge is 0.307 e. The highest BCUT2D eigenvalue weighted by Gasteiger charge is 2.63. The van der Waals surface area contributed by atoms with Crippen LogP contribution in [0.5, 0.6) is 0 Å². The van der Waals surface area contributed by atoms with Crippen molar-refractivity contribution < 1.29 is 24.5 Å². The lowest BCUT2D eigenvalue weighted by Gasteiger charge is -2.62. The Labute approximate surface area is 224 Å². The molecule has 6 saturated carbocycles. The molecular formula is C32H52O5. The molecule has 0 amide bonds. The lowest BCUT2D eigenvalue weighted by molar-refractivity contribution is -0.175. The predicted octanol–water partition coefficient (Wildman–Crippen LogP) is 6.10. The number of hydrogen-bond donors (Lipinski definition) is 2. The molecule has 5 nitrogen and oxygen atoms in total. The fourth-order valence-electron chi connectivity index (χ4n) is 11.4. The van der Waals surface area contributed by atoms with E-state index >= 15 is 0 Å². The number of esters is 1. The van der Waals surface area contributed by atoms with Gasteiger partial charge in [0.1, 0.15) is 0 Å². The third kappa shape index (κ3) is 4.51. The molecule has 0 aromatic rings. The molecule has 2 N–H and O–H groups in total. The summed E-state index contributed by atoms with van der Waals surface area (Å²) in [5.74, 6) is 4.74. The molecule has 0 aromatic carbocycles. The second-order valence-corrected chi connectivity index (χ2v) is 14.9. The second kappa shape index (κ2) is 10.1. The maximum atomic E-state index is 12.5. The van der Waals surface area contributed by atoms with E-state index < -0.39 is 0 Å². The van der Waals surface area contributed by atoms with E-state index in [0.717, 1.165) is 44.4 Å². The highest BCUT2D eigenvalue weighted by Crippen LogP contribution is 2.68. The summed E-state index contributed by atoms with van der Waals surface area (Å²) < 4.78 is 11.4. The SMILES string of the molecule is CC(CCC(=O)OCOC1CC2CCC1C2)C1CCC2C3CCC4CC(O)CCC4(C)C3CC(O)C12C. The molecule has 0 aromatic heterocycles. The van der Waals surface area contributed by atoms with Gasteiger partial charge in [-0.25, -0.2) is 0 Å². The van der Waals surface area contributed by atoms with E-state index in [1.54, 1.807) is 0 Å².